The van der Waals surface area contributed by atoms with Gasteiger partial charge in [0.1, 0.15) is 5.52 Å². The van der Waals surface area contributed by atoms with E-state index < -0.39 is 16.8 Å². The van der Waals surface area contributed by atoms with Gasteiger partial charge in [0.2, 0.25) is 0 Å². The second-order valence-electron chi connectivity index (χ2n) is 5.38. The van der Waals surface area contributed by atoms with Gasteiger partial charge in [-0.15, -0.1) is 0 Å². The first-order chi connectivity index (χ1) is 10.6. The van der Waals surface area contributed by atoms with Crippen LogP contribution in [0.4, 0.5) is 11.4 Å². The summed E-state index contributed by atoms with van der Waals surface area (Å²) in [6, 6.07) is 6.46. The van der Waals surface area contributed by atoms with Gasteiger partial charge in [-0.2, -0.15) is 0 Å². The molecule has 1 unspecified atom stereocenters. The van der Waals surface area contributed by atoms with Gasteiger partial charge < -0.3 is 10.0 Å². The number of aromatic nitrogens is 1. The molecule has 0 bridgehead atoms. The van der Waals surface area contributed by atoms with Gasteiger partial charge in [-0.25, -0.2) is 0 Å². The van der Waals surface area contributed by atoms with E-state index in [4.69, 9.17) is 0 Å². The highest BCUT2D eigenvalue weighted by atomic mass is 16.6. The molecule has 1 N–H and O–H groups in total. The van der Waals surface area contributed by atoms with Gasteiger partial charge in [0, 0.05) is 25.4 Å². The summed E-state index contributed by atoms with van der Waals surface area (Å²) in [4.78, 5) is 28.1. The van der Waals surface area contributed by atoms with E-state index in [9.17, 15) is 20.0 Å². The van der Waals surface area contributed by atoms with Gasteiger partial charge in [0.25, 0.3) is 5.69 Å². The van der Waals surface area contributed by atoms with Crippen LogP contribution >= 0.6 is 0 Å². The van der Waals surface area contributed by atoms with Crippen molar-refractivity contribution in [3.05, 3.63) is 40.6 Å². The molecular formula is C15H15N3O4. The molecule has 0 saturated carbocycles. The van der Waals surface area contributed by atoms with E-state index >= 15 is 0 Å². The van der Waals surface area contributed by atoms with E-state index in [0.717, 1.165) is 18.7 Å². The van der Waals surface area contributed by atoms with Crippen LogP contribution in [0, 0.1) is 16.0 Å². The van der Waals surface area contributed by atoms with Gasteiger partial charge in [-0.05, 0) is 31.0 Å². The molecule has 1 aromatic carbocycles. The minimum Gasteiger partial charge on any atom is -0.481 e. The summed E-state index contributed by atoms with van der Waals surface area (Å²) in [7, 11) is 0. The van der Waals surface area contributed by atoms with Crippen molar-refractivity contribution in [3.8, 4) is 0 Å². The number of nitro benzene ring substituents is 1. The summed E-state index contributed by atoms with van der Waals surface area (Å²) in [5.41, 5.74) is 1.31. The Morgan fingerprint density at radius 3 is 2.95 bits per heavy atom. The maximum atomic E-state index is 11.2. The number of non-ortho nitro benzene ring substituents is 1. The molecule has 1 fully saturated rings. The van der Waals surface area contributed by atoms with E-state index in [2.05, 4.69) is 4.98 Å². The summed E-state index contributed by atoms with van der Waals surface area (Å²) in [6.45, 7) is 1.13. The maximum Gasteiger partial charge on any atom is 0.308 e. The van der Waals surface area contributed by atoms with Gasteiger partial charge >= 0.3 is 5.97 Å². The molecule has 2 heterocycles. The minimum absolute atomic E-state index is 0.0126. The lowest BCUT2D eigenvalue weighted by Gasteiger charge is -2.32. The number of carbonyl (C=O) groups is 1. The molecule has 1 aliphatic rings. The summed E-state index contributed by atoms with van der Waals surface area (Å²) in [5.74, 6) is -1.22. The average Bonchev–Trinajstić information content (AvgIpc) is 2.53. The number of hydrogen-bond acceptors (Lipinski definition) is 5. The van der Waals surface area contributed by atoms with Gasteiger partial charge in [0.05, 0.1) is 21.9 Å². The summed E-state index contributed by atoms with van der Waals surface area (Å²) in [6.07, 6.45) is 3.03. The number of pyridine rings is 1. The van der Waals surface area contributed by atoms with E-state index in [0.29, 0.717) is 23.9 Å². The molecular weight excluding hydrogens is 286 g/mol. The quantitative estimate of drug-likeness (QED) is 0.691. The molecule has 1 atom stereocenters. The van der Waals surface area contributed by atoms with Crippen LogP contribution in [0.15, 0.2) is 30.5 Å². The molecule has 22 heavy (non-hydrogen) atoms. The van der Waals surface area contributed by atoms with Crippen molar-refractivity contribution in [1.29, 1.82) is 0 Å². The monoisotopic (exact) mass is 301 g/mol. The third-order valence-electron chi connectivity index (χ3n) is 4.03. The number of nitrogens with zero attached hydrogens (tertiary/aromatic N) is 3. The maximum absolute atomic E-state index is 11.2. The Morgan fingerprint density at radius 1 is 1.41 bits per heavy atom. The van der Waals surface area contributed by atoms with Crippen molar-refractivity contribution in [2.24, 2.45) is 5.92 Å². The second-order valence-corrected chi connectivity index (χ2v) is 5.38. The molecule has 1 aromatic heterocycles. The Morgan fingerprint density at radius 2 is 2.23 bits per heavy atom. The number of fused-ring (bicyclic) bond motifs is 1. The Hall–Kier alpha value is -2.70. The first-order valence-electron chi connectivity index (χ1n) is 7.08. The third-order valence-corrected chi connectivity index (χ3v) is 4.03. The van der Waals surface area contributed by atoms with Crippen molar-refractivity contribution in [3.63, 3.8) is 0 Å². The van der Waals surface area contributed by atoms with Gasteiger partial charge in [0.15, 0.2) is 0 Å². The van der Waals surface area contributed by atoms with Crippen molar-refractivity contribution < 1.29 is 14.8 Å². The number of nitro groups is 1. The van der Waals surface area contributed by atoms with Crippen LogP contribution < -0.4 is 4.90 Å². The molecule has 0 radical (unpaired) electrons. The van der Waals surface area contributed by atoms with Crippen molar-refractivity contribution in [1.82, 2.24) is 4.98 Å². The van der Waals surface area contributed by atoms with Crippen LogP contribution in [0.25, 0.3) is 10.9 Å². The molecule has 7 heteroatoms. The topological polar surface area (TPSA) is 96.6 Å². The molecule has 0 amide bonds. The molecule has 1 aliphatic heterocycles. The zero-order valence-electron chi connectivity index (χ0n) is 11.8. The highest BCUT2D eigenvalue weighted by Gasteiger charge is 2.27. The zero-order valence-corrected chi connectivity index (χ0v) is 11.8. The number of piperidine rings is 1. The second kappa shape index (κ2) is 5.59. The predicted octanol–water partition coefficient (Wildman–Crippen LogP) is 2.44. The van der Waals surface area contributed by atoms with Crippen LogP contribution in [0.1, 0.15) is 12.8 Å². The molecule has 0 spiro atoms. The highest BCUT2D eigenvalue weighted by molar-refractivity contribution is 5.97. The van der Waals surface area contributed by atoms with E-state index in [-0.39, 0.29) is 5.69 Å². The predicted molar refractivity (Wildman–Crippen MR) is 81.0 cm³/mol. The summed E-state index contributed by atoms with van der Waals surface area (Å²) < 4.78 is 0. The van der Waals surface area contributed by atoms with Crippen LogP contribution in [-0.2, 0) is 4.79 Å². The fraction of sp³-hybridized carbons (Fsp3) is 0.333. The zero-order chi connectivity index (χ0) is 15.7. The lowest BCUT2D eigenvalue weighted by atomic mass is 9.97. The average molecular weight is 301 g/mol. The standard InChI is InChI=1S/C15H15N3O4/c19-15(20)10-3-2-8-17(9-10)13-6-5-12(18(21)22)11-4-1-7-16-14(11)13/h1,4-7,10H,2-3,8-9H2,(H,19,20). The Labute approximate surface area is 126 Å². The fourth-order valence-corrected chi connectivity index (χ4v) is 2.95. The molecule has 0 aliphatic carbocycles. The van der Waals surface area contributed by atoms with E-state index in [1.807, 2.05) is 4.90 Å². The summed E-state index contributed by atoms with van der Waals surface area (Å²) in [5, 5.41) is 20.8. The number of hydrogen-bond donors (Lipinski definition) is 1. The Kier molecular flexibility index (Phi) is 3.62. The molecule has 3 rings (SSSR count). The number of aliphatic carboxylic acids is 1. The first-order valence-corrected chi connectivity index (χ1v) is 7.08. The number of carboxylic acid groups (broad SMARTS) is 1. The van der Waals surface area contributed by atoms with Crippen LogP contribution in [0.5, 0.6) is 0 Å². The molecule has 1 saturated heterocycles. The smallest absolute Gasteiger partial charge is 0.308 e. The van der Waals surface area contributed by atoms with E-state index in [1.165, 1.54) is 6.07 Å². The first kappa shape index (κ1) is 14.2. The lowest BCUT2D eigenvalue weighted by Crippen LogP contribution is -2.38. The number of carboxylic acids is 1. The third kappa shape index (κ3) is 2.45. The number of rotatable bonds is 3. The number of benzene rings is 1. The Bertz CT molecular complexity index is 747. The summed E-state index contributed by atoms with van der Waals surface area (Å²) >= 11 is 0. The minimum atomic E-state index is -0.802. The highest BCUT2D eigenvalue weighted by Crippen LogP contribution is 2.34. The van der Waals surface area contributed by atoms with Crippen LogP contribution in [0.2, 0.25) is 0 Å². The fourth-order valence-electron chi connectivity index (χ4n) is 2.95. The van der Waals surface area contributed by atoms with E-state index in [1.54, 1.807) is 24.4 Å². The van der Waals surface area contributed by atoms with Crippen LogP contribution in [-0.4, -0.2) is 34.1 Å². The van der Waals surface area contributed by atoms with Gasteiger partial charge in [-0.1, -0.05) is 0 Å². The molecule has 7 nitrogen and oxygen atoms in total. The molecule has 114 valence electrons. The SMILES string of the molecule is O=C(O)C1CCCN(c2ccc([N+](=O)[O-])c3cccnc23)C1. The molecule has 2 aromatic rings. The van der Waals surface area contributed by atoms with Gasteiger partial charge in [-0.3, -0.25) is 19.9 Å². The normalized spacial score (nSPS) is 18.4. The lowest BCUT2D eigenvalue weighted by molar-refractivity contribution is -0.383. The number of anilines is 1. The van der Waals surface area contributed by atoms with Crippen molar-refractivity contribution >= 4 is 28.2 Å². The Balaban J connectivity index is 2.06. The van der Waals surface area contributed by atoms with Crippen molar-refractivity contribution in [2.45, 2.75) is 12.8 Å². The van der Waals surface area contributed by atoms with Crippen molar-refractivity contribution in [2.75, 3.05) is 18.0 Å². The van der Waals surface area contributed by atoms with Crippen LogP contribution in [0.3, 0.4) is 0 Å². The largest absolute Gasteiger partial charge is 0.481 e.